The van der Waals surface area contributed by atoms with Crippen LogP contribution >= 0.6 is 22.7 Å². The Bertz CT molecular complexity index is 851. The van der Waals surface area contributed by atoms with Crippen molar-refractivity contribution >= 4 is 38.6 Å². The van der Waals surface area contributed by atoms with Crippen LogP contribution in [-0.2, 0) is 23.0 Å². The summed E-state index contributed by atoms with van der Waals surface area (Å²) >= 11 is 2.59. The zero-order valence-electron chi connectivity index (χ0n) is 15.0. The van der Waals surface area contributed by atoms with Crippen LogP contribution in [-0.4, -0.2) is 37.7 Å². The maximum Gasteiger partial charge on any atom is 0.263 e. The highest BCUT2D eigenvalue weighted by molar-refractivity contribution is 7.91. The summed E-state index contributed by atoms with van der Waals surface area (Å²) in [6, 6.07) is 3.30. The summed E-state index contributed by atoms with van der Waals surface area (Å²) in [6.45, 7) is 6.37. The van der Waals surface area contributed by atoms with E-state index in [9.17, 15) is 13.2 Å². The van der Waals surface area contributed by atoms with Gasteiger partial charge in [0.25, 0.3) is 15.9 Å². The third-order valence-electron chi connectivity index (χ3n) is 3.43. The topological polar surface area (TPSA) is 79.4 Å². The molecule has 0 unspecified atom stereocenters. The summed E-state index contributed by atoms with van der Waals surface area (Å²) in [5, 5.41) is 3.82. The van der Waals surface area contributed by atoms with Gasteiger partial charge in [-0.15, -0.1) is 22.7 Å². The van der Waals surface area contributed by atoms with Crippen LogP contribution in [0.5, 0.6) is 0 Å². The Balaban J connectivity index is 2.04. The number of carbonyl (C=O) groups excluding carboxylic acids is 1. The molecular weight excluding hydrogens is 378 g/mol. The lowest BCUT2D eigenvalue weighted by Gasteiger charge is -2.08. The van der Waals surface area contributed by atoms with Gasteiger partial charge >= 0.3 is 0 Å². The van der Waals surface area contributed by atoms with E-state index in [0.29, 0.717) is 17.3 Å². The summed E-state index contributed by atoms with van der Waals surface area (Å²) in [5.41, 5.74) is 0.736. The standard InChI is InChI=1S/C16H23N3O3S3/c1-10(2)8-13-18-11(3)15(24-13)16(20)17-9-12-6-7-14(23-12)25(21,22)19(4)5/h6-7,10H,8-9H2,1-5H3,(H,17,20). The Hall–Kier alpha value is -1.29. The second kappa shape index (κ2) is 7.94. The van der Waals surface area contributed by atoms with E-state index in [1.807, 2.05) is 6.92 Å². The maximum atomic E-state index is 12.4. The van der Waals surface area contributed by atoms with Crippen LogP contribution in [0.25, 0.3) is 0 Å². The number of nitrogens with zero attached hydrogens (tertiary/aromatic N) is 2. The average Bonchev–Trinajstić information content (AvgIpc) is 3.11. The number of thiazole rings is 1. The molecular formula is C16H23N3O3S3. The molecule has 0 fully saturated rings. The van der Waals surface area contributed by atoms with Crippen molar-refractivity contribution in [3.63, 3.8) is 0 Å². The molecule has 2 rings (SSSR count). The summed E-state index contributed by atoms with van der Waals surface area (Å²) < 4.78 is 25.6. The predicted octanol–water partition coefficient (Wildman–Crippen LogP) is 2.89. The fourth-order valence-electron chi connectivity index (χ4n) is 2.12. The molecule has 0 spiro atoms. The van der Waals surface area contributed by atoms with Gasteiger partial charge in [-0.2, -0.15) is 0 Å². The van der Waals surface area contributed by atoms with Crippen LogP contribution < -0.4 is 5.32 Å². The minimum absolute atomic E-state index is 0.171. The number of nitrogens with one attached hydrogen (secondary N) is 1. The first-order valence-electron chi connectivity index (χ1n) is 7.87. The minimum atomic E-state index is -3.43. The molecule has 1 N–H and O–H groups in total. The zero-order valence-corrected chi connectivity index (χ0v) is 17.4. The van der Waals surface area contributed by atoms with Gasteiger partial charge in [-0.3, -0.25) is 4.79 Å². The van der Waals surface area contributed by atoms with Crippen molar-refractivity contribution < 1.29 is 13.2 Å². The first kappa shape index (κ1) is 20.0. The fourth-order valence-corrected chi connectivity index (χ4v) is 5.78. The molecule has 0 saturated carbocycles. The zero-order chi connectivity index (χ0) is 18.8. The molecule has 0 radical (unpaired) electrons. The number of amides is 1. The smallest absolute Gasteiger partial charge is 0.263 e. The predicted molar refractivity (Wildman–Crippen MR) is 102 cm³/mol. The van der Waals surface area contributed by atoms with Crippen LogP contribution in [0.15, 0.2) is 16.3 Å². The molecule has 2 heterocycles. The summed E-state index contributed by atoms with van der Waals surface area (Å²) in [4.78, 5) is 18.3. The van der Waals surface area contributed by atoms with Crippen molar-refractivity contribution in [1.29, 1.82) is 0 Å². The monoisotopic (exact) mass is 401 g/mol. The molecule has 0 bridgehead atoms. The quantitative estimate of drug-likeness (QED) is 0.774. The number of rotatable bonds is 7. The lowest BCUT2D eigenvalue weighted by atomic mass is 10.1. The summed E-state index contributed by atoms with van der Waals surface area (Å²) in [7, 11) is -0.435. The molecule has 0 atom stereocenters. The Kier molecular flexibility index (Phi) is 6.36. The van der Waals surface area contributed by atoms with Crippen molar-refractivity contribution in [2.24, 2.45) is 5.92 Å². The van der Waals surface area contributed by atoms with E-state index in [1.54, 1.807) is 12.1 Å². The van der Waals surface area contributed by atoms with Crippen LogP contribution in [0.4, 0.5) is 0 Å². The van der Waals surface area contributed by atoms with Gasteiger partial charge < -0.3 is 5.32 Å². The lowest BCUT2D eigenvalue weighted by molar-refractivity contribution is 0.0954. The molecule has 9 heteroatoms. The van der Waals surface area contributed by atoms with Gasteiger partial charge in [0.2, 0.25) is 0 Å². The fraction of sp³-hybridized carbons (Fsp3) is 0.500. The molecule has 25 heavy (non-hydrogen) atoms. The summed E-state index contributed by atoms with van der Waals surface area (Å²) in [5.74, 6) is 0.320. The number of carbonyl (C=O) groups is 1. The van der Waals surface area contributed by atoms with Gasteiger partial charge in [0, 0.05) is 25.4 Å². The molecule has 0 aliphatic heterocycles. The molecule has 1 amide bonds. The molecule has 2 aromatic heterocycles. The van der Waals surface area contributed by atoms with Crippen LogP contribution in [0.1, 0.15) is 39.1 Å². The number of aromatic nitrogens is 1. The summed E-state index contributed by atoms with van der Waals surface area (Å²) in [6.07, 6.45) is 0.857. The van der Waals surface area contributed by atoms with Gasteiger partial charge in [0.1, 0.15) is 9.09 Å². The number of sulfonamides is 1. The second-order valence-electron chi connectivity index (χ2n) is 6.31. The SMILES string of the molecule is Cc1nc(CC(C)C)sc1C(=O)NCc1ccc(S(=O)(=O)N(C)C)s1. The number of aryl methyl sites for hydroxylation is 1. The Labute approximate surface area is 157 Å². The van der Waals surface area contributed by atoms with E-state index in [4.69, 9.17) is 0 Å². The Morgan fingerprint density at radius 3 is 2.56 bits per heavy atom. The van der Waals surface area contributed by atoms with Gasteiger partial charge in [0.05, 0.1) is 17.2 Å². The highest BCUT2D eigenvalue weighted by Crippen LogP contribution is 2.24. The molecule has 138 valence electrons. The third kappa shape index (κ3) is 4.87. The molecule has 2 aromatic rings. The number of hydrogen-bond acceptors (Lipinski definition) is 6. The van der Waals surface area contributed by atoms with Crippen molar-refractivity contribution in [3.05, 3.63) is 32.6 Å². The largest absolute Gasteiger partial charge is 0.346 e. The van der Waals surface area contributed by atoms with Gasteiger partial charge in [-0.25, -0.2) is 17.7 Å². The third-order valence-corrected chi connectivity index (χ3v) is 7.97. The number of hydrogen-bond donors (Lipinski definition) is 1. The van der Waals surface area contributed by atoms with E-state index in [-0.39, 0.29) is 10.1 Å². The van der Waals surface area contributed by atoms with Crippen molar-refractivity contribution in [2.75, 3.05) is 14.1 Å². The first-order chi connectivity index (χ1) is 11.6. The maximum absolute atomic E-state index is 12.4. The molecule has 0 aromatic carbocycles. The van der Waals surface area contributed by atoms with Gasteiger partial charge in [-0.1, -0.05) is 13.8 Å². The van der Waals surface area contributed by atoms with E-state index in [0.717, 1.165) is 22.0 Å². The average molecular weight is 402 g/mol. The van der Waals surface area contributed by atoms with E-state index >= 15 is 0 Å². The second-order valence-corrected chi connectivity index (χ2v) is 10.9. The van der Waals surface area contributed by atoms with Crippen LogP contribution in [0, 0.1) is 12.8 Å². The van der Waals surface area contributed by atoms with E-state index < -0.39 is 10.0 Å². The van der Waals surface area contributed by atoms with E-state index in [1.165, 1.54) is 41.1 Å². The lowest BCUT2D eigenvalue weighted by Crippen LogP contribution is -2.22. The highest BCUT2D eigenvalue weighted by atomic mass is 32.2. The molecule has 0 aliphatic carbocycles. The minimum Gasteiger partial charge on any atom is -0.346 e. The van der Waals surface area contributed by atoms with Crippen LogP contribution in [0.2, 0.25) is 0 Å². The van der Waals surface area contributed by atoms with Crippen molar-refractivity contribution in [1.82, 2.24) is 14.6 Å². The van der Waals surface area contributed by atoms with Crippen molar-refractivity contribution in [3.8, 4) is 0 Å². The number of thiophene rings is 1. The highest BCUT2D eigenvalue weighted by Gasteiger charge is 2.20. The van der Waals surface area contributed by atoms with Crippen LogP contribution in [0.3, 0.4) is 0 Å². The van der Waals surface area contributed by atoms with Gasteiger partial charge in [0.15, 0.2) is 0 Å². The molecule has 6 nitrogen and oxygen atoms in total. The molecule has 0 saturated heterocycles. The first-order valence-corrected chi connectivity index (χ1v) is 10.9. The normalized spacial score (nSPS) is 12.1. The Morgan fingerprint density at radius 2 is 1.96 bits per heavy atom. The van der Waals surface area contributed by atoms with Gasteiger partial charge in [-0.05, 0) is 25.0 Å². The molecule has 0 aliphatic rings. The van der Waals surface area contributed by atoms with E-state index in [2.05, 4.69) is 24.1 Å². The van der Waals surface area contributed by atoms with Crippen molar-refractivity contribution in [2.45, 2.75) is 37.9 Å². The Morgan fingerprint density at radius 1 is 1.28 bits per heavy atom.